The van der Waals surface area contributed by atoms with Crippen LogP contribution in [0.3, 0.4) is 0 Å². The fraction of sp³-hybridized carbons (Fsp3) is 0.769. The topological polar surface area (TPSA) is 59.8 Å². The van der Waals surface area contributed by atoms with E-state index >= 15 is 0 Å². The van der Waals surface area contributed by atoms with E-state index in [0.717, 1.165) is 23.8 Å². The third-order valence-electron chi connectivity index (χ3n) is 3.86. The first-order valence-corrected chi connectivity index (χ1v) is 8.04. The summed E-state index contributed by atoms with van der Waals surface area (Å²) in [5.74, 6) is 2.22. The first-order chi connectivity index (χ1) is 9.24. The third-order valence-corrected chi connectivity index (χ3v) is 4.88. The average Bonchev–Trinajstić information content (AvgIpc) is 2.98. The van der Waals surface area contributed by atoms with Crippen molar-refractivity contribution in [1.29, 1.82) is 0 Å². The molecule has 5 nitrogen and oxygen atoms in total. The average molecular weight is 280 g/mol. The van der Waals surface area contributed by atoms with Crippen molar-refractivity contribution in [3.63, 3.8) is 0 Å². The third kappa shape index (κ3) is 3.11. The van der Waals surface area contributed by atoms with Gasteiger partial charge in [-0.2, -0.15) is 0 Å². The minimum atomic E-state index is 0.118. The van der Waals surface area contributed by atoms with Gasteiger partial charge >= 0.3 is 0 Å². The quantitative estimate of drug-likeness (QED) is 0.836. The summed E-state index contributed by atoms with van der Waals surface area (Å²) in [6.45, 7) is 0. The highest BCUT2D eigenvalue weighted by molar-refractivity contribution is 7.99. The van der Waals surface area contributed by atoms with E-state index in [2.05, 4.69) is 15.5 Å². The minimum absolute atomic E-state index is 0.118. The maximum absolute atomic E-state index is 11.8. The molecule has 2 aliphatic rings. The molecular formula is C13H20N4OS. The molecule has 0 aromatic carbocycles. The Kier molecular flexibility index (Phi) is 3.77. The molecule has 0 spiro atoms. The maximum Gasteiger partial charge on any atom is 0.230 e. The molecule has 2 saturated carbocycles. The van der Waals surface area contributed by atoms with Gasteiger partial charge in [-0.1, -0.05) is 24.6 Å². The zero-order chi connectivity index (χ0) is 13.2. The van der Waals surface area contributed by atoms with Crippen molar-refractivity contribution in [2.24, 2.45) is 7.05 Å². The zero-order valence-electron chi connectivity index (χ0n) is 11.3. The molecule has 1 aromatic heterocycles. The van der Waals surface area contributed by atoms with Gasteiger partial charge < -0.3 is 9.88 Å². The molecular weight excluding hydrogens is 260 g/mol. The summed E-state index contributed by atoms with van der Waals surface area (Å²) in [6.07, 6.45) is 7.19. The van der Waals surface area contributed by atoms with E-state index in [1.54, 1.807) is 0 Å². The summed E-state index contributed by atoms with van der Waals surface area (Å²) in [6, 6.07) is 0.398. The molecule has 3 rings (SSSR count). The monoisotopic (exact) mass is 280 g/mol. The van der Waals surface area contributed by atoms with E-state index in [4.69, 9.17) is 0 Å². The Labute approximate surface area is 117 Å². The molecule has 0 atom stereocenters. The Morgan fingerprint density at radius 1 is 1.32 bits per heavy atom. The Morgan fingerprint density at radius 2 is 2.05 bits per heavy atom. The van der Waals surface area contributed by atoms with Crippen LogP contribution < -0.4 is 5.32 Å². The van der Waals surface area contributed by atoms with Crippen LogP contribution in [0.5, 0.6) is 0 Å². The van der Waals surface area contributed by atoms with E-state index in [1.165, 1.54) is 37.4 Å². The largest absolute Gasteiger partial charge is 0.353 e. The lowest BCUT2D eigenvalue weighted by atomic mass is 10.2. The van der Waals surface area contributed by atoms with Gasteiger partial charge in [-0.3, -0.25) is 4.79 Å². The van der Waals surface area contributed by atoms with Crippen molar-refractivity contribution < 1.29 is 4.79 Å². The van der Waals surface area contributed by atoms with Crippen LogP contribution in [0.25, 0.3) is 0 Å². The standard InChI is InChI=1S/C13H20N4OS/c1-17-12(9-6-7-9)15-16-13(17)19-8-11(18)14-10-4-2-3-5-10/h9-10H,2-8H2,1H3,(H,14,18). The number of nitrogens with zero attached hydrogens (tertiary/aromatic N) is 3. The molecule has 19 heavy (non-hydrogen) atoms. The van der Waals surface area contributed by atoms with Gasteiger partial charge in [0.2, 0.25) is 5.91 Å². The number of rotatable bonds is 5. The van der Waals surface area contributed by atoms with Gasteiger partial charge in [0.25, 0.3) is 0 Å². The summed E-state index contributed by atoms with van der Waals surface area (Å²) >= 11 is 1.48. The van der Waals surface area contributed by atoms with Crippen molar-refractivity contribution in [1.82, 2.24) is 20.1 Å². The first kappa shape index (κ1) is 13.0. The lowest BCUT2D eigenvalue weighted by Crippen LogP contribution is -2.33. The number of amides is 1. The highest BCUT2D eigenvalue weighted by atomic mass is 32.2. The fourth-order valence-electron chi connectivity index (χ4n) is 2.62. The van der Waals surface area contributed by atoms with Crippen molar-refractivity contribution in [2.45, 2.75) is 55.6 Å². The summed E-state index contributed by atoms with van der Waals surface area (Å²) in [4.78, 5) is 11.8. The lowest BCUT2D eigenvalue weighted by Gasteiger charge is -2.11. The van der Waals surface area contributed by atoms with Crippen molar-refractivity contribution >= 4 is 17.7 Å². The van der Waals surface area contributed by atoms with Crippen molar-refractivity contribution in [3.05, 3.63) is 5.82 Å². The van der Waals surface area contributed by atoms with E-state index in [-0.39, 0.29) is 5.91 Å². The van der Waals surface area contributed by atoms with E-state index < -0.39 is 0 Å². The van der Waals surface area contributed by atoms with Crippen LogP contribution in [0.1, 0.15) is 50.3 Å². The number of aromatic nitrogens is 3. The lowest BCUT2D eigenvalue weighted by molar-refractivity contribution is -0.119. The second kappa shape index (κ2) is 5.53. The molecule has 0 radical (unpaired) electrons. The van der Waals surface area contributed by atoms with Gasteiger partial charge in [-0.05, 0) is 25.7 Å². The van der Waals surface area contributed by atoms with Gasteiger partial charge in [-0.15, -0.1) is 10.2 Å². The summed E-state index contributed by atoms with van der Waals surface area (Å²) in [5, 5.41) is 12.3. The molecule has 1 aromatic rings. The van der Waals surface area contributed by atoms with Crippen LogP contribution in [-0.2, 0) is 11.8 Å². The second-order valence-corrected chi connectivity index (χ2v) is 6.45. The molecule has 0 saturated heterocycles. The predicted molar refractivity (Wildman–Crippen MR) is 74.1 cm³/mol. The van der Waals surface area contributed by atoms with Gasteiger partial charge in [0.05, 0.1) is 5.75 Å². The Hall–Kier alpha value is -1.04. The van der Waals surface area contributed by atoms with Crippen LogP contribution in [0.4, 0.5) is 0 Å². The Morgan fingerprint density at radius 3 is 2.74 bits per heavy atom. The Balaban J connectivity index is 1.49. The van der Waals surface area contributed by atoms with E-state index in [0.29, 0.717) is 17.7 Å². The molecule has 1 N–H and O–H groups in total. The van der Waals surface area contributed by atoms with E-state index in [9.17, 15) is 4.79 Å². The first-order valence-electron chi connectivity index (χ1n) is 7.05. The molecule has 2 aliphatic carbocycles. The van der Waals surface area contributed by atoms with Gasteiger partial charge in [0.1, 0.15) is 5.82 Å². The van der Waals surface area contributed by atoms with Crippen LogP contribution in [-0.4, -0.2) is 32.5 Å². The summed E-state index contributed by atoms with van der Waals surface area (Å²) < 4.78 is 2.03. The number of hydrogen-bond acceptors (Lipinski definition) is 4. The number of hydrogen-bond donors (Lipinski definition) is 1. The molecule has 1 amide bonds. The Bertz CT molecular complexity index is 463. The number of carbonyl (C=O) groups is 1. The van der Waals surface area contributed by atoms with Crippen molar-refractivity contribution in [2.75, 3.05) is 5.75 Å². The SMILES string of the molecule is Cn1c(SCC(=O)NC2CCCC2)nnc1C1CC1. The van der Waals surface area contributed by atoms with Gasteiger partial charge in [0, 0.05) is 19.0 Å². The van der Waals surface area contributed by atoms with E-state index in [1.807, 2.05) is 11.6 Å². The van der Waals surface area contributed by atoms with Gasteiger partial charge in [0.15, 0.2) is 5.16 Å². The highest BCUT2D eigenvalue weighted by Gasteiger charge is 2.29. The maximum atomic E-state index is 11.8. The number of nitrogens with one attached hydrogen (secondary N) is 1. The van der Waals surface area contributed by atoms with Crippen LogP contribution in [0, 0.1) is 0 Å². The van der Waals surface area contributed by atoms with Gasteiger partial charge in [-0.25, -0.2) is 0 Å². The smallest absolute Gasteiger partial charge is 0.230 e. The van der Waals surface area contributed by atoms with Crippen molar-refractivity contribution in [3.8, 4) is 0 Å². The summed E-state index contributed by atoms with van der Waals surface area (Å²) in [5.41, 5.74) is 0. The molecule has 0 aliphatic heterocycles. The minimum Gasteiger partial charge on any atom is -0.353 e. The molecule has 6 heteroatoms. The fourth-order valence-corrected chi connectivity index (χ4v) is 3.35. The van der Waals surface area contributed by atoms with Crippen LogP contribution >= 0.6 is 11.8 Å². The second-order valence-electron chi connectivity index (χ2n) is 5.51. The molecule has 104 valence electrons. The normalized spacial score (nSPS) is 19.8. The van der Waals surface area contributed by atoms with Crippen LogP contribution in [0.2, 0.25) is 0 Å². The summed E-state index contributed by atoms with van der Waals surface area (Å²) in [7, 11) is 1.99. The van der Waals surface area contributed by atoms with Crippen LogP contribution in [0.15, 0.2) is 5.16 Å². The molecule has 1 heterocycles. The number of thioether (sulfide) groups is 1. The molecule has 2 fully saturated rings. The predicted octanol–water partition coefficient (Wildman–Crippen LogP) is 1.84. The molecule has 0 unspecified atom stereocenters. The molecule has 0 bridgehead atoms. The highest BCUT2D eigenvalue weighted by Crippen LogP contribution is 2.39. The zero-order valence-corrected chi connectivity index (χ0v) is 12.1. The number of carbonyl (C=O) groups excluding carboxylic acids is 1.